The minimum atomic E-state index is -4.74. The summed E-state index contributed by atoms with van der Waals surface area (Å²) in [5.74, 6) is -1.86. The predicted octanol–water partition coefficient (Wildman–Crippen LogP) is 3.60. The van der Waals surface area contributed by atoms with E-state index < -0.39 is 12.1 Å². The average molecular weight is 505 g/mol. The molecule has 3 aliphatic heterocycles. The van der Waals surface area contributed by atoms with Gasteiger partial charge in [0.1, 0.15) is 0 Å². The van der Waals surface area contributed by atoms with Gasteiger partial charge in [-0.05, 0) is 37.3 Å². The number of carbonyl (C=O) groups excluding carboxylic acids is 2. The Morgan fingerprint density at radius 3 is 2.56 bits per heavy atom. The third kappa shape index (κ3) is 4.21. The topological polar surface area (TPSA) is 101 Å². The molecule has 3 fully saturated rings. The molecule has 2 bridgehead atoms. The summed E-state index contributed by atoms with van der Waals surface area (Å²) in [6.07, 6.45) is 0.888. The van der Waals surface area contributed by atoms with Crippen molar-refractivity contribution >= 4 is 11.9 Å². The Labute approximate surface area is 204 Å². The van der Waals surface area contributed by atoms with Crippen LogP contribution in [-0.2, 0) is 17.5 Å². The number of likely N-dealkylation sites (tertiary alicyclic amines) is 1. The van der Waals surface area contributed by atoms with E-state index >= 15 is 0 Å². The van der Waals surface area contributed by atoms with Crippen LogP contribution >= 0.6 is 0 Å². The number of rotatable bonds is 3. The van der Waals surface area contributed by atoms with Crippen molar-refractivity contribution in [1.82, 2.24) is 25.3 Å². The van der Waals surface area contributed by atoms with Gasteiger partial charge in [0.15, 0.2) is 0 Å². The van der Waals surface area contributed by atoms with Crippen LogP contribution in [0.4, 0.5) is 18.0 Å². The van der Waals surface area contributed by atoms with E-state index in [1.807, 2.05) is 4.90 Å². The molecule has 1 aromatic carbocycles. The van der Waals surface area contributed by atoms with Gasteiger partial charge in [0, 0.05) is 30.8 Å². The summed E-state index contributed by atoms with van der Waals surface area (Å²) in [5, 5.41) is 6.61. The molecule has 0 spiro atoms. The van der Waals surface area contributed by atoms with Gasteiger partial charge in [-0.15, -0.1) is 0 Å². The molecule has 1 N–H and O–H groups in total. The summed E-state index contributed by atoms with van der Waals surface area (Å²) < 4.78 is 48.7. The molecular formula is C24H26F3N5O4. The molecule has 2 saturated heterocycles. The summed E-state index contributed by atoms with van der Waals surface area (Å²) in [6, 6.07) is 4.38. The van der Waals surface area contributed by atoms with Crippen molar-refractivity contribution in [3.8, 4) is 11.4 Å². The van der Waals surface area contributed by atoms with Gasteiger partial charge in [-0.25, -0.2) is 4.79 Å². The Morgan fingerprint density at radius 2 is 1.83 bits per heavy atom. The number of urea groups is 1. The van der Waals surface area contributed by atoms with Gasteiger partial charge in [-0.1, -0.05) is 30.1 Å². The Balaban J connectivity index is 1.17. The van der Waals surface area contributed by atoms with Gasteiger partial charge >= 0.3 is 18.1 Å². The van der Waals surface area contributed by atoms with Crippen LogP contribution in [0.5, 0.6) is 0 Å². The minimum Gasteiger partial charge on any atom is -0.371 e. The maximum absolute atomic E-state index is 13.4. The zero-order valence-electron chi connectivity index (χ0n) is 19.5. The van der Waals surface area contributed by atoms with Gasteiger partial charge < -0.3 is 24.4 Å². The molecule has 9 nitrogen and oxygen atoms in total. The first kappa shape index (κ1) is 23.3. The summed E-state index contributed by atoms with van der Waals surface area (Å²) in [4.78, 5) is 33.5. The summed E-state index contributed by atoms with van der Waals surface area (Å²) in [5.41, 5.74) is 1.47. The predicted molar refractivity (Wildman–Crippen MR) is 119 cm³/mol. The van der Waals surface area contributed by atoms with Crippen LogP contribution in [0.1, 0.15) is 60.3 Å². The number of nitrogens with zero attached hydrogens (tertiary/aromatic N) is 4. The highest BCUT2D eigenvalue weighted by atomic mass is 19.4. The molecule has 6 rings (SSSR count). The van der Waals surface area contributed by atoms with E-state index in [1.54, 1.807) is 17.0 Å². The number of carbonyl (C=O) groups is 2. The van der Waals surface area contributed by atoms with Gasteiger partial charge in [0.05, 0.1) is 24.3 Å². The Bertz CT molecular complexity index is 1170. The van der Waals surface area contributed by atoms with E-state index in [0.29, 0.717) is 25.2 Å². The van der Waals surface area contributed by atoms with Crippen LogP contribution in [0, 0.1) is 0 Å². The molecule has 2 aromatic rings. The lowest BCUT2D eigenvalue weighted by atomic mass is 9.89. The van der Waals surface area contributed by atoms with Crippen LogP contribution in [0.3, 0.4) is 0 Å². The molecule has 2 unspecified atom stereocenters. The highest BCUT2D eigenvalue weighted by molar-refractivity contribution is 5.99. The Hall–Kier alpha value is -3.15. The SMILES string of the molecule is O=C(N[C@@H]1CCCC[C@H]1N1Cc2ccc(-c3noc(C(F)(F)F)n3)cc2C1=O)N1CC2CCC(C1)O2. The summed E-state index contributed by atoms with van der Waals surface area (Å²) in [6.45, 7) is 1.55. The van der Waals surface area contributed by atoms with Crippen molar-refractivity contribution in [3.63, 3.8) is 0 Å². The third-order valence-corrected chi connectivity index (χ3v) is 7.64. The average Bonchev–Trinajstić information content (AvgIpc) is 3.57. The maximum Gasteiger partial charge on any atom is 0.471 e. The second-order valence-electron chi connectivity index (χ2n) is 10.00. The van der Waals surface area contributed by atoms with E-state index in [0.717, 1.165) is 44.1 Å². The lowest BCUT2D eigenvalue weighted by Crippen LogP contribution is -2.58. The van der Waals surface area contributed by atoms with Gasteiger partial charge in [-0.3, -0.25) is 4.79 Å². The second kappa shape index (κ2) is 8.75. The number of aromatic nitrogens is 2. The zero-order chi connectivity index (χ0) is 25.0. The van der Waals surface area contributed by atoms with Crippen molar-refractivity contribution in [2.45, 2.75) is 75.5 Å². The molecule has 36 heavy (non-hydrogen) atoms. The standard InChI is InChI=1S/C24H26F3N5O4/c25-24(26,27)22-29-20(30-36-22)13-5-6-14-10-32(21(33)17(14)9-13)19-4-2-1-3-18(19)28-23(34)31-11-15-7-8-16(12-31)35-15/h5-6,9,15-16,18-19H,1-4,7-8,10-12H2,(H,28,34)/t15?,16?,18-,19-/m1/s1. The first-order valence-electron chi connectivity index (χ1n) is 12.3. The number of hydrogen-bond acceptors (Lipinski definition) is 6. The Kier molecular flexibility index (Phi) is 5.66. The van der Waals surface area contributed by atoms with Crippen molar-refractivity contribution in [3.05, 3.63) is 35.2 Å². The largest absolute Gasteiger partial charge is 0.471 e. The lowest BCUT2D eigenvalue weighted by Gasteiger charge is -2.40. The number of amides is 3. The maximum atomic E-state index is 13.4. The zero-order valence-corrected chi connectivity index (χ0v) is 19.5. The van der Waals surface area contributed by atoms with Crippen LogP contribution < -0.4 is 5.32 Å². The molecule has 0 radical (unpaired) electrons. The smallest absolute Gasteiger partial charge is 0.371 e. The summed E-state index contributed by atoms with van der Waals surface area (Å²) in [7, 11) is 0. The molecule has 12 heteroatoms. The fourth-order valence-corrected chi connectivity index (χ4v) is 5.87. The van der Waals surface area contributed by atoms with Crippen LogP contribution in [0.25, 0.3) is 11.4 Å². The second-order valence-corrected chi connectivity index (χ2v) is 10.00. The lowest BCUT2D eigenvalue weighted by molar-refractivity contribution is -0.159. The van der Waals surface area contributed by atoms with Gasteiger partial charge in [0.25, 0.3) is 5.91 Å². The molecule has 192 valence electrons. The molecule has 4 heterocycles. The van der Waals surface area contributed by atoms with E-state index in [1.165, 1.54) is 6.07 Å². The third-order valence-electron chi connectivity index (χ3n) is 7.64. The molecule has 4 aliphatic rings. The number of ether oxygens (including phenoxy) is 1. The fraction of sp³-hybridized carbons (Fsp3) is 0.583. The van der Waals surface area contributed by atoms with E-state index in [-0.39, 0.29) is 47.6 Å². The number of nitrogens with one attached hydrogen (secondary N) is 1. The van der Waals surface area contributed by atoms with Crippen molar-refractivity contribution in [2.75, 3.05) is 13.1 Å². The normalized spacial score (nSPS) is 27.9. The molecule has 4 atom stereocenters. The van der Waals surface area contributed by atoms with Crippen LogP contribution in [0.2, 0.25) is 0 Å². The molecular weight excluding hydrogens is 479 g/mol. The fourth-order valence-electron chi connectivity index (χ4n) is 5.87. The Morgan fingerprint density at radius 1 is 1.08 bits per heavy atom. The van der Waals surface area contributed by atoms with Crippen molar-refractivity contribution < 1.29 is 32.0 Å². The van der Waals surface area contributed by atoms with Gasteiger partial charge in [0.2, 0.25) is 5.82 Å². The number of halogens is 3. The van der Waals surface area contributed by atoms with Crippen LogP contribution in [-0.4, -0.2) is 69.3 Å². The van der Waals surface area contributed by atoms with E-state index in [2.05, 4.69) is 20.0 Å². The quantitative estimate of drug-likeness (QED) is 0.684. The van der Waals surface area contributed by atoms with Crippen molar-refractivity contribution in [1.29, 1.82) is 0 Å². The highest BCUT2D eigenvalue weighted by Gasteiger charge is 2.42. The minimum absolute atomic E-state index is 0.104. The molecule has 1 aliphatic carbocycles. The van der Waals surface area contributed by atoms with Crippen molar-refractivity contribution in [2.24, 2.45) is 0 Å². The monoisotopic (exact) mass is 505 g/mol. The molecule has 1 aromatic heterocycles. The number of morpholine rings is 1. The van der Waals surface area contributed by atoms with E-state index in [4.69, 9.17) is 4.74 Å². The molecule has 1 saturated carbocycles. The summed E-state index contributed by atoms with van der Waals surface area (Å²) >= 11 is 0. The van der Waals surface area contributed by atoms with Crippen LogP contribution in [0.15, 0.2) is 22.7 Å². The number of alkyl halides is 3. The first-order valence-corrected chi connectivity index (χ1v) is 12.3. The number of benzene rings is 1. The first-order chi connectivity index (χ1) is 17.3. The highest BCUT2D eigenvalue weighted by Crippen LogP contribution is 2.35. The number of fused-ring (bicyclic) bond motifs is 3. The number of hydrogen-bond donors (Lipinski definition) is 1. The van der Waals surface area contributed by atoms with E-state index in [9.17, 15) is 22.8 Å². The molecule has 3 amide bonds. The van der Waals surface area contributed by atoms with Gasteiger partial charge in [-0.2, -0.15) is 18.2 Å².